The van der Waals surface area contributed by atoms with E-state index in [-0.39, 0.29) is 11.9 Å². The summed E-state index contributed by atoms with van der Waals surface area (Å²) in [5.41, 5.74) is 0. The first-order chi connectivity index (χ1) is 8.59. The van der Waals surface area contributed by atoms with E-state index < -0.39 is 12.0 Å². The number of carbonyl (C=O) groups is 2. The Hall–Kier alpha value is -1.26. The maximum absolute atomic E-state index is 11.9. The van der Waals surface area contributed by atoms with Gasteiger partial charge in [-0.1, -0.05) is 19.8 Å². The van der Waals surface area contributed by atoms with Crippen LogP contribution < -0.4 is 5.32 Å². The Labute approximate surface area is 108 Å². The minimum atomic E-state index is -0.895. The predicted molar refractivity (Wildman–Crippen MR) is 67.3 cm³/mol. The second-order valence-electron chi connectivity index (χ2n) is 5.56. The van der Waals surface area contributed by atoms with Crippen molar-refractivity contribution in [2.75, 3.05) is 13.1 Å². The van der Waals surface area contributed by atoms with Crippen LogP contribution in [0.15, 0.2) is 0 Å². The van der Waals surface area contributed by atoms with Crippen LogP contribution in [0.5, 0.6) is 0 Å². The van der Waals surface area contributed by atoms with E-state index in [0.29, 0.717) is 13.1 Å². The van der Waals surface area contributed by atoms with Crippen molar-refractivity contribution >= 4 is 12.0 Å². The minimum absolute atomic E-state index is 0.0414. The molecule has 2 rings (SSSR count). The fraction of sp³-hybridized carbons (Fsp3) is 0.846. The number of likely N-dealkylation sites (tertiary alicyclic amines) is 1. The van der Waals surface area contributed by atoms with E-state index in [1.807, 2.05) is 6.92 Å². The lowest BCUT2D eigenvalue weighted by atomic mass is 10.0. The summed E-state index contributed by atoms with van der Waals surface area (Å²) >= 11 is 0. The molecule has 2 fully saturated rings. The van der Waals surface area contributed by atoms with E-state index in [4.69, 9.17) is 5.11 Å². The lowest BCUT2D eigenvalue weighted by molar-refractivity contribution is -0.142. The van der Waals surface area contributed by atoms with Gasteiger partial charge in [0.2, 0.25) is 0 Å². The van der Waals surface area contributed by atoms with Crippen LogP contribution in [0.3, 0.4) is 0 Å². The van der Waals surface area contributed by atoms with Gasteiger partial charge in [0.1, 0.15) is 6.04 Å². The van der Waals surface area contributed by atoms with Gasteiger partial charge < -0.3 is 15.3 Å². The SMILES string of the molecule is CC1CCN(C(=O)NCCCC2CC2)C1C(=O)O. The Morgan fingerprint density at radius 3 is 2.67 bits per heavy atom. The highest BCUT2D eigenvalue weighted by Gasteiger charge is 2.39. The average Bonchev–Trinajstić information content (AvgIpc) is 3.05. The third kappa shape index (κ3) is 3.15. The van der Waals surface area contributed by atoms with E-state index in [9.17, 15) is 9.59 Å². The number of nitrogens with one attached hydrogen (secondary N) is 1. The summed E-state index contributed by atoms with van der Waals surface area (Å²) in [6.07, 6.45) is 5.61. The molecular weight excluding hydrogens is 232 g/mol. The summed E-state index contributed by atoms with van der Waals surface area (Å²) in [5.74, 6) is 0.0216. The summed E-state index contributed by atoms with van der Waals surface area (Å²) in [6, 6.07) is -0.879. The van der Waals surface area contributed by atoms with Crippen molar-refractivity contribution in [2.24, 2.45) is 11.8 Å². The van der Waals surface area contributed by atoms with Crippen LogP contribution in [-0.4, -0.2) is 41.1 Å². The van der Waals surface area contributed by atoms with Gasteiger partial charge in [0.15, 0.2) is 0 Å². The molecule has 2 N–H and O–H groups in total. The topological polar surface area (TPSA) is 69.6 Å². The third-order valence-electron chi connectivity index (χ3n) is 3.98. The molecule has 0 spiro atoms. The van der Waals surface area contributed by atoms with Crippen molar-refractivity contribution in [1.29, 1.82) is 0 Å². The molecule has 0 aromatic carbocycles. The number of hydrogen-bond donors (Lipinski definition) is 2. The number of carboxylic acid groups (broad SMARTS) is 1. The van der Waals surface area contributed by atoms with E-state index in [2.05, 4.69) is 5.32 Å². The molecule has 2 aliphatic rings. The maximum atomic E-state index is 11.9. The van der Waals surface area contributed by atoms with Gasteiger partial charge in [0, 0.05) is 13.1 Å². The summed E-state index contributed by atoms with van der Waals surface area (Å²) in [7, 11) is 0. The molecular formula is C13H22N2O3. The van der Waals surface area contributed by atoms with E-state index in [0.717, 1.165) is 18.8 Å². The highest BCUT2D eigenvalue weighted by atomic mass is 16.4. The lowest BCUT2D eigenvalue weighted by Crippen LogP contribution is -2.47. The Balaban J connectivity index is 1.74. The molecule has 0 bridgehead atoms. The number of carboxylic acids is 1. The van der Waals surface area contributed by atoms with Crippen LogP contribution in [0.2, 0.25) is 0 Å². The molecule has 0 aromatic rings. The molecule has 1 saturated carbocycles. The van der Waals surface area contributed by atoms with Crippen LogP contribution in [0, 0.1) is 11.8 Å². The fourth-order valence-electron chi connectivity index (χ4n) is 2.65. The van der Waals surface area contributed by atoms with Crippen LogP contribution >= 0.6 is 0 Å². The first-order valence-electron chi connectivity index (χ1n) is 6.87. The standard InChI is InChI=1S/C13H22N2O3/c1-9-6-8-15(11(9)12(16)17)13(18)14-7-2-3-10-4-5-10/h9-11H,2-8H2,1H3,(H,14,18)(H,16,17). The van der Waals surface area contributed by atoms with E-state index in [1.165, 1.54) is 24.2 Å². The van der Waals surface area contributed by atoms with Crippen molar-refractivity contribution in [3.05, 3.63) is 0 Å². The van der Waals surface area contributed by atoms with Gasteiger partial charge in [0.25, 0.3) is 0 Å². The molecule has 102 valence electrons. The molecule has 2 atom stereocenters. The summed E-state index contributed by atoms with van der Waals surface area (Å²) in [6.45, 7) is 3.10. The van der Waals surface area contributed by atoms with Gasteiger partial charge in [-0.3, -0.25) is 0 Å². The molecule has 1 saturated heterocycles. The van der Waals surface area contributed by atoms with Gasteiger partial charge in [-0.25, -0.2) is 9.59 Å². The molecule has 2 amide bonds. The monoisotopic (exact) mass is 254 g/mol. The third-order valence-corrected chi connectivity index (χ3v) is 3.98. The summed E-state index contributed by atoms with van der Waals surface area (Å²) in [5, 5.41) is 12.0. The fourth-order valence-corrected chi connectivity index (χ4v) is 2.65. The molecule has 5 nitrogen and oxygen atoms in total. The zero-order chi connectivity index (χ0) is 13.1. The van der Waals surface area contributed by atoms with Crippen molar-refractivity contribution in [1.82, 2.24) is 10.2 Å². The number of amides is 2. The molecule has 18 heavy (non-hydrogen) atoms. The zero-order valence-corrected chi connectivity index (χ0v) is 10.9. The Morgan fingerprint density at radius 2 is 2.06 bits per heavy atom. The van der Waals surface area contributed by atoms with Gasteiger partial charge in [-0.15, -0.1) is 0 Å². The zero-order valence-electron chi connectivity index (χ0n) is 10.9. The molecule has 2 unspecified atom stereocenters. The van der Waals surface area contributed by atoms with Crippen LogP contribution in [0.4, 0.5) is 4.79 Å². The van der Waals surface area contributed by atoms with Crippen LogP contribution in [0.1, 0.15) is 39.0 Å². The maximum Gasteiger partial charge on any atom is 0.326 e. The number of nitrogens with zero attached hydrogens (tertiary/aromatic N) is 1. The highest BCUT2D eigenvalue weighted by Crippen LogP contribution is 2.33. The Kier molecular flexibility index (Phi) is 4.09. The second-order valence-corrected chi connectivity index (χ2v) is 5.56. The smallest absolute Gasteiger partial charge is 0.326 e. The molecule has 1 aliphatic heterocycles. The van der Waals surface area contributed by atoms with Crippen molar-refractivity contribution in [2.45, 2.75) is 45.1 Å². The van der Waals surface area contributed by atoms with Crippen molar-refractivity contribution in [3.63, 3.8) is 0 Å². The van der Waals surface area contributed by atoms with Gasteiger partial charge in [-0.2, -0.15) is 0 Å². The summed E-state index contributed by atoms with van der Waals surface area (Å²) in [4.78, 5) is 24.5. The lowest BCUT2D eigenvalue weighted by Gasteiger charge is -2.23. The van der Waals surface area contributed by atoms with E-state index in [1.54, 1.807) is 0 Å². The average molecular weight is 254 g/mol. The number of rotatable bonds is 5. The van der Waals surface area contributed by atoms with Crippen molar-refractivity contribution < 1.29 is 14.7 Å². The van der Waals surface area contributed by atoms with Crippen LogP contribution in [0.25, 0.3) is 0 Å². The normalized spacial score (nSPS) is 27.3. The number of aliphatic carboxylic acids is 1. The van der Waals surface area contributed by atoms with Crippen molar-refractivity contribution in [3.8, 4) is 0 Å². The number of carbonyl (C=O) groups excluding carboxylic acids is 1. The Bertz CT molecular complexity index is 328. The van der Waals surface area contributed by atoms with E-state index >= 15 is 0 Å². The number of hydrogen-bond acceptors (Lipinski definition) is 2. The van der Waals surface area contributed by atoms with Gasteiger partial charge in [0.05, 0.1) is 0 Å². The largest absolute Gasteiger partial charge is 0.480 e. The molecule has 0 radical (unpaired) electrons. The van der Waals surface area contributed by atoms with Gasteiger partial charge in [-0.05, 0) is 31.1 Å². The first-order valence-corrected chi connectivity index (χ1v) is 6.87. The molecule has 1 heterocycles. The predicted octanol–water partition coefficient (Wildman–Crippen LogP) is 1.68. The quantitative estimate of drug-likeness (QED) is 0.733. The molecule has 0 aromatic heterocycles. The molecule has 5 heteroatoms. The second kappa shape index (κ2) is 5.59. The molecule has 1 aliphatic carbocycles. The van der Waals surface area contributed by atoms with Gasteiger partial charge >= 0.3 is 12.0 Å². The minimum Gasteiger partial charge on any atom is -0.480 e. The first kappa shape index (κ1) is 13.2. The van der Waals surface area contributed by atoms with Crippen LogP contribution in [-0.2, 0) is 4.79 Å². The summed E-state index contributed by atoms with van der Waals surface area (Å²) < 4.78 is 0. The number of urea groups is 1. The highest BCUT2D eigenvalue weighted by molar-refractivity contribution is 5.83. The Morgan fingerprint density at radius 1 is 1.33 bits per heavy atom.